The predicted octanol–water partition coefficient (Wildman–Crippen LogP) is 14.6. The molecule has 0 saturated heterocycles. The first-order valence-corrected chi connectivity index (χ1v) is 19.3. The number of fused-ring (bicyclic) bond motifs is 7. The Labute approximate surface area is 320 Å². The Kier molecular flexibility index (Phi) is 7.53. The Hall–Kier alpha value is -6.42. The second-order valence-electron chi connectivity index (χ2n) is 14.8. The van der Waals surface area contributed by atoms with Gasteiger partial charge in [0.05, 0.1) is 5.69 Å². The lowest BCUT2D eigenvalue weighted by molar-refractivity contribution is 0.658. The van der Waals surface area contributed by atoms with Gasteiger partial charge >= 0.3 is 0 Å². The number of nitrogens with zero attached hydrogens (tertiary/aromatic N) is 1. The number of hydrogen-bond acceptors (Lipinski definition) is 3. The molecule has 0 atom stereocenters. The normalized spacial score (nSPS) is 15.4. The maximum absolute atomic E-state index is 4.74. The molecule has 2 heterocycles. The van der Waals surface area contributed by atoms with E-state index in [4.69, 9.17) is 6.58 Å². The highest BCUT2D eigenvalue weighted by molar-refractivity contribution is 7.26. The fraction of sp³-hybridized carbons (Fsp3) is 0.0588. The van der Waals surface area contributed by atoms with Crippen molar-refractivity contribution in [3.63, 3.8) is 0 Å². The molecule has 258 valence electrons. The molecular weight excluding hydrogens is 673 g/mol. The van der Waals surface area contributed by atoms with E-state index in [1.807, 2.05) is 11.3 Å². The smallest absolute Gasteiger partial charge is 0.0534 e. The molecule has 0 spiro atoms. The SMILES string of the molecule is C=C1C=C2/C(=C\N(c3ccccc3)c3ccc(-c4cccc(-c5c(Nc6ccccc6)ccc6c5sc5ccccc56)c4)cc31)C(C)(C)c1ccccc12. The van der Waals surface area contributed by atoms with Crippen LogP contribution in [0.3, 0.4) is 0 Å². The number of para-hydroxylation sites is 2. The summed E-state index contributed by atoms with van der Waals surface area (Å²) in [6.07, 6.45) is 4.67. The van der Waals surface area contributed by atoms with Crippen molar-refractivity contribution in [1.29, 1.82) is 0 Å². The number of hydrogen-bond donors (Lipinski definition) is 1. The minimum Gasteiger partial charge on any atom is -0.355 e. The summed E-state index contributed by atoms with van der Waals surface area (Å²) in [5.41, 5.74) is 16.3. The topological polar surface area (TPSA) is 15.3 Å². The molecule has 0 radical (unpaired) electrons. The molecular formula is C51H38N2S. The lowest BCUT2D eigenvalue weighted by Gasteiger charge is -2.31. The molecule has 3 heteroatoms. The van der Waals surface area contributed by atoms with Crippen LogP contribution in [0.2, 0.25) is 0 Å². The van der Waals surface area contributed by atoms with E-state index in [-0.39, 0.29) is 5.41 Å². The minimum atomic E-state index is -0.154. The Morgan fingerprint density at radius 2 is 1.33 bits per heavy atom. The highest BCUT2D eigenvalue weighted by Gasteiger charge is 2.39. The molecule has 0 bridgehead atoms. The van der Waals surface area contributed by atoms with Gasteiger partial charge in [-0.1, -0.05) is 130 Å². The van der Waals surface area contributed by atoms with Gasteiger partial charge < -0.3 is 10.2 Å². The molecule has 0 saturated carbocycles. The summed E-state index contributed by atoms with van der Waals surface area (Å²) >= 11 is 1.86. The van der Waals surface area contributed by atoms with Crippen molar-refractivity contribution in [2.75, 3.05) is 10.2 Å². The average Bonchev–Trinajstić information content (AvgIpc) is 3.68. The number of allylic oxidation sites excluding steroid dienone is 4. The van der Waals surface area contributed by atoms with E-state index in [1.165, 1.54) is 53.6 Å². The fourth-order valence-electron chi connectivity index (χ4n) is 8.42. The molecule has 1 aliphatic heterocycles. The van der Waals surface area contributed by atoms with Crippen molar-refractivity contribution in [3.8, 4) is 22.3 Å². The van der Waals surface area contributed by atoms with Crippen LogP contribution in [0.5, 0.6) is 0 Å². The second kappa shape index (κ2) is 12.6. The predicted molar refractivity (Wildman–Crippen MR) is 233 cm³/mol. The van der Waals surface area contributed by atoms with Gasteiger partial charge in [0.2, 0.25) is 0 Å². The van der Waals surface area contributed by atoms with Gasteiger partial charge in [-0.05, 0) is 105 Å². The maximum atomic E-state index is 4.74. The zero-order valence-electron chi connectivity index (χ0n) is 30.3. The first-order valence-electron chi connectivity index (χ1n) is 18.5. The first kappa shape index (κ1) is 32.2. The van der Waals surface area contributed by atoms with Crippen LogP contribution in [0.25, 0.3) is 53.6 Å². The van der Waals surface area contributed by atoms with Crippen LogP contribution in [0.15, 0.2) is 188 Å². The number of thiophene rings is 1. The summed E-state index contributed by atoms with van der Waals surface area (Å²) in [4.78, 5) is 2.36. The van der Waals surface area contributed by atoms with Crippen LogP contribution in [0.4, 0.5) is 22.7 Å². The van der Waals surface area contributed by atoms with Gasteiger partial charge in [-0.2, -0.15) is 0 Å². The van der Waals surface area contributed by atoms with Crippen molar-refractivity contribution in [3.05, 3.63) is 205 Å². The van der Waals surface area contributed by atoms with Crippen molar-refractivity contribution >= 4 is 65.4 Å². The number of nitrogens with one attached hydrogen (secondary N) is 1. The van der Waals surface area contributed by atoms with Gasteiger partial charge in [-0.15, -0.1) is 11.3 Å². The summed E-state index contributed by atoms with van der Waals surface area (Å²) in [7, 11) is 0. The van der Waals surface area contributed by atoms with E-state index < -0.39 is 0 Å². The van der Waals surface area contributed by atoms with Gasteiger partial charge in [0.1, 0.15) is 0 Å². The third-order valence-corrected chi connectivity index (χ3v) is 12.4. The lowest BCUT2D eigenvalue weighted by Crippen LogP contribution is -2.20. The van der Waals surface area contributed by atoms with Crippen LogP contribution < -0.4 is 10.2 Å². The molecule has 1 aromatic heterocycles. The standard InChI is InChI=1S/C51H38N2S/c1-33-29-43-39-21-10-12-23-44(39)51(2,3)45(43)32-53(38-19-8-5-9-20-38)47-28-25-35(31-42(33)47)34-15-14-16-36(30-34)49-46(52-37-17-6-4-7-18-37)27-26-41-40-22-11-13-24-48(40)54-50(41)49/h4-32,52H,1H2,2-3H3/b43-29?,45-32+. The Morgan fingerprint density at radius 3 is 2.19 bits per heavy atom. The molecule has 0 amide bonds. The zero-order valence-corrected chi connectivity index (χ0v) is 31.1. The van der Waals surface area contributed by atoms with Crippen molar-refractivity contribution < 1.29 is 0 Å². The fourth-order valence-corrected chi connectivity index (χ4v) is 9.70. The van der Waals surface area contributed by atoms with Crippen LogP contribution in [0.1, 0.15) is 30.5 Å². The molecule has 8 aromatic rings. The number of anilines is 4. The molecule has 1 aliphatic carbocycles. The van der Waals surface area contributed by atoms with Gasteiger partial charge in [0, 0.05) is 60.0 Å². The Morgan fingerprint density at radius 1 is 0.611 bits per heavy atom. The van der Waals surface area contributed by atoms with Gasteiger partial charge in [-0.25, -0.2) is 0 Å². The summed E-state index contributed by atoms with van der Waals surface area (Å²) in [5.74, 6) is 0. The lowest BCUT2D eigenvalue weighted by atomic mass is 9.81. The molecule has 0 fully saturated rings. The van der Waals surface area contributed by atoms with E-state index in [1.54, 1.807) is 0 Å². The van der Waals surface area contributed by atoms with Crippen LogP contribution in [-0.4, -0.2) is 0 Å². The summed E-state index contributed by atoms with van der Waals surface area (Å²) in [6, 6.07) is 59.1. The van der Waals surface area contributed by atoms with Crippen LogP contribution in [0, 0.1) is 0 Å². The zero-order chi connectivity index (χ0) is 36.4. The molecule has 2 aliphatic rings. The molecule has 10 rings (SSSR count). The Bertz CT molecular complexity index is 2840. The highest BCUT2D eigenvalue weighted by Crippen LogP contribution is 2.53. The van der Waals surface area contributed by atoms with E-state index in [0.29, 0.717) is 0 Å². The second-order valence-corrected chi connectivity index (χ2v) is 15.8. The molecule has 0 unspecified atom stereocenters. The largest absolute Gasteiger partial charge is 0.355 e. The van der Waals surface area contributed by atoms with E-state index in [2.05, 4.69) is 200 Å². The van der Waals surface area contributed by atoms with Crippen molar-refractivity contribution in [2.45, 2.75) is 19.3 Å². The number of benzene rings is 7. The molecule has 54 heavy (non-hydrogen) atoms. The summed E-state index contributed by atoms with van der Waals surface area (Å²) < 4.78 is 2.58. The van der Waals surface area contributed by atoms with Crippen LogP contribution in [-0.2, 0) is 5.41 Å². The van der Waals surface area contributed by atoms with E-state index in [0.717, 1.165) is 45.0 Å². The molecule has 1 N–H and O–H groups in total. The minimum absolute atomic E-state index is 0.154. The average molecular weight is 711 g/mol. The van der Waals surface area contributed by atoms with Crippen molar-refractivity contribution in [1.82, 2.24) is 0 Å². The molecule has 7 aromatic carbocycles. The quantitative estimate of drug-likeness (QED) is 0.191. The van der Waals surface area contributed by atoms with Gasteiger partial charge in [0.15, 0.2) is 0 Å². The third kappa shape index (κ3) is 5.23. The maximum Gasteiger partial charge on any atom is 0.0534 e. The summed E-state index contributed by atoms with van der Waals surface area (Å²) in [5, 5.41) is 6.33. The summed E-state index contributed by atoms with van der Waals surface area (Å²) in [6.45, 7) is 9.41. The third-order valence-electron chi connectivity index (χ3n) is 11.2. The highest BCUT2D eigenvalue weighted by atomic mass is 32.1. The van der Waals surface area contributed by atoms with E-state index >= 15 is 0 Å². The van der Waals surface area contributed by atoms with Gasteiger partial charge in [0.25, 0.3) is 0 Å². The monoisotopic (exact) mass is 710 g/mol. The van der Waals surface area contributed by atoms with Gasteiger partial charge in [-0.3, -0.25) is 0 Å². The number of rotatable bonds is 5. The van der Waals surface area contributed by atoms with Crippen molar-refractivity contribution in [2.24, 2.45) is 0 Å². The first-order chi connectivity index (χ1) is 26.4. The Balaban J connectivity index is 1.14. The molecule has 2 nitrogen and oxygen atoms in total. The van der Waals surface area contributed by atoms with Crippen LogP contribution >= 0.6 is 11.3 Å². The van der Waals surface area contributed by atoms with E-state index in [9.17, 15) is 0 Å².